The summed E-state index contributed by atoms with van der Waals surface area (Å²) >= 11 is 6.22. The van der Waals surface area contributed by atoms with E-state index in [4.69, 9.17) is 16.3 Å². The number of anilines is 2. The maximum atomic E-state index is 13.5. The minimum absolute atomic E-state index is 0.0462. The number of aliphatic hydroxyl groups is 1. The molecule has 0 radical (unpaired) electrons. The van der Waals surface area contributed by atoms with Gasteiger partial charge in [-0.05, 0) is 63.3 Å². The standard InChI is InChI=1S/C27H32ClN5O4/c1-4-24(34)21-14-20(19(15-29)25(28)31-21)30-18-5-6-22-23(13-18)32(10-9-27(2,3)36)26(35)33(22)16-17-7-11-37-12-8-17/h5-6,13-14,17,36H,4,7-12,16H2,1-3H3,(H,30,31). The first-order valence-corrected chi connectivity index (χ1v) is 12.9. The predicted octanol–water partition coefficient (Wildman–Crippen LogP) is 4.65. The average molecular weight is 526 g/mol. The Bertz CT molecular complexity index is 1410. The van der Waals surface area contributed by atoms with Gasteiger partial charge in [0.1, 0.15) is 22.5 Å². The Labute approximate surface area is 220 Å². The van der Waals surface area contributed by atoms with Gasteiger partial charge in [0, 0.05) is 38.4 Å². The molecule has 9 nitrogen and oxygen atoms in total. The fraction of sp³-hybridized carbons (Fsp3) is 0.481. The van der Waals surface area contributed by atoms with Gasteiger partial charge in [-0.25, -0.2) is 9.78 Å². The molecule has 196 valence electrons. The summed E-state index contributed by atoms with van der Waals surface area (Å²) in [6.45, 7) is 7.52. The molecule has 0 atom stereocenters. The number of nitriles is 1. The van der Waals surface area contributed by atoms with E-state index in [0.717, 1.165) is 23.9 Å². The number of aryl methyl sites for hydroxylation is 1. The van der Waals surface area contributed by atoms with Gasteiger partial charge in [0.05, 0.1) is 22.3 Å². The predicted molar refractivity (Wildman–Crippen MR) is 143 cm³/mol. The summed E-state index contributed by atoms with van der Waals surface area (Å²) < 4.78 is 8.98. The van der Waals surface area contributed by atoms with E-state index < -0.39 is 5.60 Å². The number of carbonyl (C=O) groups excluding carboxylic acids is 1. The zero-order chi connectivity index (χ0) is 26.7. The number of carbonyl (C=O) groups is 1. The van der Waals surface area contributed by atoms with Crippen LogP contribution in [0.3, 0.4) is 0 Å². The highest BCUT2D eigenvalue weighted by Gasteiger charge is 2.22. The van der Waals surface area contributed by atoms with Crippen molar-refractivity contribution >= 4 is 39.8 Å². The van der Waals surface area contributed by atoms with Crippen LogP contribution < -0.4 is 11.0 Å². The number of imidazole rings is 1. The Morgan fingerprint density at radius 2 is 2.00 bits per heavy atom. The van der Waals surface area contributed by atoms with Gasteiger partial charge in [-0.3, -0.25) is 13.9 Å². The third-order valence-corrected chi connectivity index (χ3v) is 6.99. The molecule has 2 N–H and O–H groups in total. The highest BCUT2D eigenvalue weighted by atomic mass is 35.5. The summed E-state index contributed by atoms with van der Waals surface area (Å²) in [5.41, 5.74) is 1.77. The third kappa shape index (κ3) is 6.04. The molecular weight excluding hydrogens is 494 g/mol. The highest BCUT2D eigenvalue weighted by Crippen LogP contribution is 2.29. The third-order valence-electron chi connectivity index (χ3n) is 6.72. The van der Waals surface area contributed by atoms with Crippen molar-refractivity contribution in [2.45, 2.75) is 65.1 Å². The summed E-state index contributed by atoms with van der Waals surface area (Å²) in [4.78, 5) is 29.8. The summed E-state index contributed by atoms with van der Waals surface area (Å²) in [6.07, 6.45) is 2.47. The molecule has 1 aliphatic heterocycles. The number of hydrogen-bond donors (Lipinski definition) is 2. The van der Waals surface area contributed by atoms with Crippen LogP contribution in [0.5, 0.6) is 0 Å². The molecule has 0 spiro atoms. The molecule has 1 aliphatic rings. The zero-order valence-electron chi connectivity index (χ0n) is 21.4. The average Bonchev–Trinajstić information content (AvgIpc) is 3.12. The first-order valence-electron chi connectivity index (χ1n) is 12.6. The Kier molecular flexibility index (Phi) is 8.02. The number of nitrogens with one attached hydrogen (secondary N) is 1. The van der Waals surface area contributed by atoms with Gasteiger partial charge in [0.25, 0.3) is 0 Å². The quantitative estimate of drug-likeness (QED) is 0.308. The van der Waals surface area contributed by atoms with Crippen LogP contribution in [0.15, 0.2) is 29.1 Å². The molecular formula is C27H32ClN5O4. The molecule has 0 aliphatic carbocycles. The molecule has 3 heterocycles. The van der Waals surface area contributed by atoms with E-state index in [9.17, 15) is 20.0 Å². The molecule has 0 unspecified atom stereocenters. The van der Waals surface area contributed by atoms with Crippen molar-refractivity contribution in [2.24, 2.45) is 5.92 Å². The summed E-state index contributed by atoms with van der Waals surface area (Å²) in [5.74, 6) is 0.166. The van der Waals surface area contributed by atoms with Crippen LogP contribution in [0.1, 0.15) is 62.5 Å². The second kappa shape index (κ2) is 11.1. The van der Waals surface area contributed by atoms with E-state index in [0.29, 0.717) is 50.0 Å². The molecule has 1 saturated heterocycles. The van der Waals surface area contributed by atoms with Crippen molar-refractivity contribution in [1.82, 2.24) is 14.1 Å². The van der Waals surface area contributed by atoms with Crippen LogP contribution >= 0.6 is 11.6 Å². The van der Waals surface area contributed by atoms with Crippen molar-refractivity contribution in [1.29, 1.82) is 5.26 Å². The van der Waals surface area contributed by atoms with Gasteiger partial charge in [-0.15, -0.1) is 0 Å². The number of Topliss-reactive ketones (excluding diaryl/α,β-unsaturated/α-hetero) is 1. The number of fused-ring (bicyclic) bond motifs is 1. The Balaban J connectivity index is 1.77. The monoisotopic (exact) mass is 525 g/mol. The van der Waals surface area contributed by atoms with Crippen LogP contribution in [0.4, 0.5) is 11.4 Å². The number of halogens is 1. The van der Waals surface area contributed by atoms with Crippen molar-refractivity contribution in [3.63, 3.8) is 0 Å². The number of pyridine rings is 1. The molecule has 0 saturated carbocycles. The number of nitrogens with zero attached hydrogens (tertiary/aromatic N) is 4. The van der Waals surface area contributed by atoms with E-state index in [1.807, 2.05) is 28.8 Å². The summed E-state index contributed by atoms with van der Waals surface area (Å²) in [6, 6.07) is 9.13. The van der Waals surface area contributed by atoms with Gasteiger partial charge in [-0.2, -0.15) is 5.26 Å². The number of aromatic nitrogens is 3. The molecule has 4 rings (SSSR count). The lowest BCUT2D eigenvalue weighted by Gasteiger charge is -2.22. The van der Waals surface area contributed by atoms with Crippen LogP contribution in [-0.2, 0) is 17.8 Å². The Morgan fingerprint density at radius 3 is 2.65 bits per heavy atom. The van der Waals surface area contributed by atoms with Crippen molar-refractivity contribution in [2.75, 3.05) is 18.5 Å². The van der Waals surface area contributed by atoms with E-state index in [1.54, 1.807) is 25.3 Å². The lowest BCUT2D eigenvalue weighted by molar-refractivity contribution is 0.0607. The van der Waals surface area contributed by atoms with E-state index in [1.165, 1.54) is 6.07 Å². The molecule has 10 heteroatoms. The van der Waals surface area contributed by atoms with Gasteiger partial charge in [0.2, 0.25) is 0 Å². The zero-order valence-corrected chi connectivity index (χ0v) is 22.1. The highest BCUT2D eigenvalue weighted by molar-refractivity contribution is 6.31. The number of ketones is 1. The normalized spacial score (nSPS) is 14.6. The molecule has 0 amide bonds. The fourth-order valence-electron chi connectivity index (χ4n) is 4.56. The Hall–Kier alpha value is -3.19. The van der Waals surface area contributed by atoms with Crippen molar-refractivity contribution in [3.8, 4) is 6.07 Å². The second-order valence-corrected chi connectivity index (χ2v) is 10.5. The largest absolute Gasteiger partial charge is 0.390 e. The summed E-state index contributed by atoms with van der Waals surface area (Å²) in [5, 5.41) is 23.1. The lowest BCUT2D eigenvalue weighted by Crippen LogP contribution is -2.31. The van der Waals surface area contributed by atoms with E-state index >= 15 is 0 Å². The maximum absolute atomic E-state index is 13.5. The number of rotatable bonds is 9. The van der Waals surface area contributed by atoms with Gasteiger partial charge in [0.15, 0.2) is 5.78 Å². The van der Waals surface area contributed by atoms with Crippen LogP contribution in [0.25, 0.3) is 11.0 Å². The van der Waals surface area contributed by atoms with Gasteiger partial charge in [-0.1, -0.05) is 18.5 Å². The number of benzene rings is 1. The smallest absolute Gasteiger partial charge is 0.329 e. The van der Waals surface area contributed by atoms with Gasteiger partial charge >= 0.3 is 5.69 Å². The first kappa shape index (κ1) is 26.9. The molecule has 1 aromatic carbocycles. The van der Waals surface area contributed by atoms with Crippen molar-refractivity contribution < 1.29 is 14.6 Å². The number of ether oxygens (including phenoxy) is 1. The molecule has 37 heavy (non-hydrogen) atoms. The molecule has 3 aromatic rings. The minimum atomic E-state index is -0.928. The van der Waals surface area contributed by atoms with Crippen LogP contribution in [0.2, 0.25) is 5.15 Å². The van der Waals surface area contributed by atoms with E-state index in [-0.39, 0.29) is 34.3 Å². The van der Waals surface area contributed by atoms with Crippen molar-refractivity contribution in [3.05, 3.63) is 51.2 Å². The fourth-order valence-corrected chi connectivity index (χ4v) is 4.80. The SMILES string of the molecule is CCC(=O)c1cc(Nc2ccc3c(c2)n(CCC(C)(C)O)c(=O)n3CC2CCOCC2)c(C#N)c(Cl)n1. The first-order chi connectivity index (χ1) is 17.6. The minimum Gasteiger partial charge on any atom is -0.390 e. The molecule has 0 bridgehead atoms. The van der Waals surface area contributed by atoms with Crippen LogP contribution in [0, 0.1) is 17.2 Å². The second-order valence-electron chi connectivity index (χ2n) is 10.1. The van der Waals surface area contributed by atoms with Gasteiger partial charge < -0.3 is 15.2 Å². The van der Waals surface area contributed by atoms with Crippen LogP contribution in [-0.4, -0.2) is 43.8 Å². The molecule has 1 fully saturated rings. The lowest BCUT2D eigenvalue weighted by atomic mass is 10.0. The Morgan fingerprint density at radius 1 is 1.27 bits per heavy atom. The van der Waals surface area contributed by atoms with E-state index in [2.05, 4.69) is 10.3 Å². The maximum Gasteiger partial charge on any atom is 0.329 e. The molecule has 2 aromatic heterocycles. The topological polar surface area (TPSA) is 122 Å². The summed E-state index contributed by atoms with van der Waals surface area (Å²) in [7, 11) is 0. The number of hydrogen-bond acceptors (Lipinski definition) is 7.